The van der Waals surface area contributed by atoms with Crippen molar-refractivity contribution in [3.63, 3.8) is 0 Å². The number of amides is 1. The van der Waals surface area contributed by atoms with Crippen molar-refractivity contribution in [1.82, 2.24) is 10.4 Å². The molecule has 0 aromatic rings. The Kier molecular flexibility index (Phi) is 0.481. The Morgan fingerprint density at radius 2 is 2.50 bits per heavy atom. The number of nitrogens with zero attached hydrogens (tertiary/aromatic N) is 1. The van der Waals surface area contributed by atoms with Gasteiger partial charge in [0.25, 0.3) is 0 Å². The van der Waals surface area contributed by atoms with Gasteiger partial charge < -0.3 is 5.11 Å². The number of hydrazine groups is 1. The van der Waals surface area contributed by atoms with Gasteiger partial charge in [0, 0.05) is 0 Å². The van der Waals surface area contributed by atoms with Crippen molar-refractivity contribution in [1.29, 1.82) is 0 Å². The zero-order valence-electron chi connectivity index (χ0n) is 3.01. The summed E-state index contributed by atoms with van der Waals surface area (Å²) in [6, 6.07) is 0. The van der Waals surface area contributed by atoms with E-state index in [2.05, 4.69) is 5.43 Å². The first-order valence-corrected chi connectivity index (χ1v) is 1.54. The monoisotopic (exact) mass is 88.0 g/mol. The van der Waals surface area contributed by atoms with Crippen LogP contribution in [0, 0.1) is 0 Å². The average Bonchev–Trinajstić information content (AvgIpc) is 2.06. The molecular formula is C2H4N2O2. The third-order valence-electron chi connectivity index (χ3n) is 0.547. The van der Waals surface area contributed by atoms with E-state index in [-0.39, 0.29) is 0 Å². The molecule has 6 heavy (non-hydrogen) atoms. The van der Waals surface area contributed by atoms with E-state index >= 15 is 0 Å². The smallest absolute Gasteiger partial charge is 0.423 e. The van der Waals surface area contributed by atoms with Crippen LogP contribution in [0.1, 0.15) is 0 Å². The number of carbonyl (C=O) groups is 1. The predicted octanol–water partition coefficient (Wildman–Crippen LogP) is -0.558. The highest BCUT2D eigenvalue weighted by atomic mass is 16.4. The summed E-state index contributed by atoms with van der Waals surface area (Å²) in [4.78, 5) is 9.62. The lowest BCUT2D eigenvalue weighted by molar-refractivity contribution is 0.176. The van der Waals surface area contributed by atoms with E-state index in [1.54, 1.807) is 0 Å². The summed E-state index contributed by atoms with van der Waals surface area (Å²) in [5.74, 6) is 0. The number of rotatable bonds is 0. The molecule has 1 aliphatic heterocycles. The van der Waals surface area contributed by atoms with Crippen molar-refractivity contribution in [2.75, 3.05) is 6.67 Å². The molecule has 1 saturated heterocycles. The highest BCUT2D eigenvalue weighted by molar-refractivity contribution is 5.66. The molecule has 0 unspecified atom stereocenters. The Bertz CT molecular complexity index is 77.6. The van der Waals surface area contributed by atoms with Gasteiger partial charge in [-0.1, -0.05) is 0 Å². The molecule has 1 fully saturated rings. The Morgan fingerprint density at radius 1 is 2.00 bits per heavy atom. The van der Waals surface area contributed by atoms with Gasteiger partial charge in [0.1, 0.15) is 6.67 Å². The van der Waals surface area contributed by atoms with Crippen LogP contribution in [0.15, 0.2) is 0 Å². The Morgan fingerprint density at radius 3 is 2.50 bits per heavy atom. The van der Waals surface area contributed by atoms with Crippen LogP contribution in [0.4, 0.5) is 4.79 Å². The number of nitrogens with one attached hydrogen (secondary N) is 1. The van der Waals surface area contributed by atoms with E-state index in [0.717, 1.165) is 5.01 Å². The number of carboxylic acid groups (broad SMARTS) is 1. The maximum atomic E-state index is 9.62. The van der Waals surface area contributed by atoms with Crippen molar-refractivity contribution in [3.8, 4) is 0 Å². The zero-order valence-corrected chi connectivity index (χ0v) is 3.01. The average molecular weight is 88.1 g/mol. The predicted molar refractivity (Wildman–Crippen MR) is 17.9 cm³/mol. The van der Waals surface area contributed by atoms with Crippen LogP contribution in [0.2, 0.25) is 0 Å². The molecule has 34 valence electrons. The summed E-state index contributed by atoms with van der Waals surface area (Å²) in [7, 11) is 0. The molecule has 4 nitrogen and oxygen atoms in total. The molecular weight excluding hydrogens is 84.0 g/mol. The number of hydrogen-bond donors (Lipinski definition) is 2. The van der Waals surface area contributed by atoms with Crippen LogP contribution in [-0.2, 0) is 0 Å². The third kappa shape index (κ3) is 0.414. The minimum atomic E-state index is -0.907. The summed E-state index contributed by atoms with van der Waals surface area (Å²) < 4.78 is 0. The molecule has 0 bridgehead atoms. The standard InChI is InChI=1S/C2H4N2O2/c5-2(6)4-1-3-4/h3H,1H2,(H,5,6). The number of hydrogen-bond acceptors (Lipinski definition) is 2. The van der Waals surface area contributed by atoms with Gasteiger partial charge in [-0.3, -0.25) is 0 Å². The van der Waals surface area contributed by atoms with Gasteiger partial charge in [0.05, 0.1) is 0 Å². The Labute approximate surface area is 34.3 Å². The summed E-state index contributed by atoms with van der Waals surface area (Å²) in [5.41, 5.74) is 2.47. The van der Waals surface area contributed by atoms with Crippen molar-refractivity contribution < 1.29 is 9.90 Å². The van der Waals surface area contributed by atoms with Crippen molar-refractivity contribution in [2.45, 2.75) is 0 Å². The molecule has 0 spiro atoms. The first kappa shape index (κ1) is 3.42. The molecule has 1 aliphatic rings. The van der Waals surface area contributed by atoms with Crippen LogP contribution >= 0.6 is 0 Å². The quantitative estimate of drug-likeness (QED) is 0.390. The van der Waals surface area contributed by atoms with Crippen molar-refractivity contribution >= 4 is 6.09 Å². The van der Waals surface area contributed by atoms with Gasteiger partial charge in [-0.2, -0.15) is 0 Å². The van der Waals surface area contributed by atoms with E-state index in [1.165, 1.54) is 0 Å². The molecule has 0 aromatic heterocycles. The molecule has 0 aromatic carbocycles. The summed E-state index contributed by atoms with van der Waals surface area (Å²) in [6.45, 7) is 0.481. The second-order valence-electron chi connectivity index (χ2n) is 1.03. The fourth-order valence-electron chi connectivity index (χ4n) is 0.171. The molecule has 0 radical (unpaired) electrons. The molecule has 2 N–H and O–H groups in total. The first-order valence-electron chi connectivity index (χ1n) is 1.54. The lowest BCUT2D eigenvalue weighted by Gasteiger charge is -1.81. The Balaban J connectivity index is 2.31. The first-order chi connectivity index (χ1) is 2.80. The zero-order chi connectivity index (χ0) is 4.57. The van der Waals surface area contributed by atoms with Gasteiger partial charge in [-0.25, -0.2) is 15.2 Å². The minimum absolute atomic E-state index is 0.481. The fourth-order valence-corrected chi connectivity index (χ4v) is 0.171. The second-order valence-corrected chi connectivity index (χ2v) is 1.03. The maximum Gasteiger partial charge on any atom is 0.423 e. The van der Waals surface area contributed by atoms with E-state index < -0.39 is 6.09 Å². The van der Waals surface area contributed by atoms with Crippen LogP contribution in [0.3, 0.4) is 0 Å². The van der Waals surface area contributed by atoms with E-state index in [9.17, 15) is 4.79 Å². The Hall–Kier alpha value is -0.770. The van der Waals surface area contributed by atoms with Gasteiger partial charge in [0.15, 0.2) is 0 Å². The molecule has 0 aliphatic carbocycles. The van der Waals surface area contributed by atoms with Crippen LogP contribution < -0.4 is 5.43 Å². The lowest BCUT2D eigenvalue weighted by Crippen LogP contribution is -2.07. The topological polar surface area (TPSA) is 62.2 Å². The van der Waals surface area contributed by atoms with Crippen LogP contribution in [0.25, 0.3) is 0 Å². The highest BCUT2D eigenvalue weighted by Crippen LogP contribution is 1.90. The van der Waals surface area contributed by atoms with Gasteiger partial charge >= 0.3 is 6.09 Å². The van der Waals surface area contributed by atoms with Gasteiger partial charge in [-0.15, -0.1) is 0 Å². The third-order valence-corrected chi connectivity index (χ3v) is 0.547. The van der Waals surface area contributed by atoms with Crippen molar-refractivity contribution in [2.24, 2.45) is 0 Å². The lowest BCUT2D eigenvalue weighted by atomic mass is 11.1. The summed E-state index contributed by atoms with van der Waals surface area (Å²) in [5, 5.41) is 9.00. The van der Waals surface area contributed by atoms with E-state index in [4.69, 9.17) is 5.11 Å². The molecule has 4 heteroatoms. The van der Waals surface area contributed by atoms with Gasteiger partial charge in [0.2, 0.25) is 0 Å². The maximum absolute atomic E-state index is 9.62. The molecule has 1 rings (SSSR count). The van der Waals surface area contributed by atoms with E-state index in [0.29, 0.717) is 6.67 Å². The molecule has 1 heterocycles. The van der Waals surface area contributed by atoms with Crippen molar-refractivity contribution in [3.05, 3.63) is 0 Å². The summed E-state index contributed by atoms with van der Waals surface area (Å²) >= 11 is 0. The van der Waals surface area contributed by atoms with Gasteiger partial charge in [-0.05, 0) is 0 Å². The minimum Gasteiger partial charge on any atom is -0.464 e. The largest absolute Gasteiger partial charge is 0.464 e. The fraction of sp³-hybridized carbons (Fsp3) is 0.500. The van der Waals surface area contributed by atoms with Crippen LogP contribution in [0.5, 0.6) is 0 Å². The molecule has 0 atom stereocenters. The highest BCUT2D eigenvalue weighted by Gasteiger charge is 2.21. The normalized spacial score (nSPS) is 17.7. The second kappa shape index (κ2) is 0.844. The summed E-state index contributed by atoms with van der Waals surface area (Å²) in [6.07, 6.45) is -0.907. The van der Waals surface area contributed by atoms with E-state index in [1.807, 2.05) is 0 Å². The molecule has 0 saturated carbocycles. The van der Waals surface area contributed by atoms with Crippen LogP contribution in [-0.4, -0.2) is 22.9 Å². The SMILES string of the molecule is O=C(O)N1CN1. The molecule has 1 amide bonds.